The summed E-state index contributed by atoms with van der Waals surface area (Å²) in [6, 6.07) is 0. The summed E-state index contributed by atoms with van der Waals surface area (Å²) >= 11 is 0. The summed E-state index contributed by atoms with van der Waals surface area (Å²) in [6.07, 6.45) is 0.984. The largest absolute Gasteiger partial charge is 0.396 e. The molecule has 0 spiro atoms. The fraction of sp³-hybridized carbons (Fsp3) is 0.750. The zero-order valence-electron chi connectivity index (χ0n) is 4.46. The Kier molecular flexibility index (Phi) is 5.90. The highest BCUT2D eigenvalue weighted by Crippen LogP contribution is 1.73. The quantitative estimate of drug-likeness (QED) is 0.278. The molecule has 4 nitrogen and oxygen atoms in total. The average Bonchev–Trinajstić information content (AvgIpc) is 1.81. The standard InChI is InChI=1S/C4H9NO3/c6-2-1-3-8-5-4-7/h4,6H,1-3H2,(H,5,7). The Hall–Kier alpha value is -0.610. The fourth-order valence-electron chi connectivity index (χ4n) is 0.230. The van der Waals surface area contributed by atoms with Gasteiger partial charge in [-0.05, 0) is 6.42 Å². The number of rotatable bonds is 5. The van der Waals surface area contributed by atoms with Crippen LogP contribution in [-0.2, 0) is 9.63 Å². The molecule has 0 aromatic rings. The molecule has 0 aliphatic rings. The summed E-state index contributed by atoms with van der Waals surface area (Å²) in [6.45, 7) is 0.440. The van der Waals surface area contributed by atoms with Crippen molar-refractivity contribution in [1.29, 1.82) is 0 Å². The van der Waals surface area contributed by atoms with Gasteiger partial charge in [0.2, 0.25) is 6.41 Å². The molecule has 0 aromatic carbocycles. The van der Waals surface area contributed by atoms with Crippen molar-refractivity contribution in [3.05, 3.63) is 0 Å². The van der Waals surface area contributed by atoms with Crippen LogP contribution in [0.5, 0.6) is 0 Å². The number of aliphatic hydroxyl groups excluding tert-OH is 1. The topological polar surface area (TPSA) is 58.6 Å². The molecule has 0 aliphatic heterocycles. The number of hydrogen-bond donors (Lipinski definition) is 2. The Morgan fingerprint density at radius 1 is 1.75 bits per heavy atom. The van der Waals surface area contributed by atoms with Crippen molar-refractivity contribution in [2.24, 2.45) is 0 Å². The molecule has 0 fully saturated rings. The van der Waals surface area contributed by atoms with Gasteiger partial charge in [-0.2, -0.15) is 0 Å². The van der Waals surface area contributed by atoms with Crippen LogP contribution >= 0.6 is 0 Å². The number of amides is 1. The van der Waals surface area contributed by atoms with Crippen LogP contribution in [0.15, 0.2) is 0 Å². The van der Waals surface area contributed by atoms with Crippen molar-refractivity contribution >= 4 is 6.41 Å². The van der Waals surface area contributed by atoms with Crippen LogP contribution in [0.2, 0.25) is 0 Å². The highest BCUT2D eigenvalue weighted by molar-refractivity contribution is 5.43. The molecule has 0 unspecified atom stereocenters. The van der Waals surface area contributed by atoms with Gasteiger partial charge in [-0.3, -0.25) is 9.63 Å². The predicted octanol–water partition coefficient (Wildman–Crippen LogP) is -0.954. The van der Waals surface area contributed by atoms with Crippen molar-refractivity contribution in [1.82, 2.24) is 5.48 Å². The lowest BCUT2D eigenvalue weighted by Gasteiger charge is -1.95. The summed E-state index contributed by atoms with van der Waals surface area (Å²) in [4.78, 5) is 13.9. The smallest absolute Gasteiger partial charge is 0.230 e. The van der Waals surface area contributed by atoms with E-state index in [0.29, 0.717) is 19.4 Å². The number of carbonyl (C=O) groups is 1. The van der Waals surface area contributed by atoms with Crippen LogP contribution in [0.25, 0.3) is 0 Å². The van der Waals surface area contributed by atoms with Crippen LogP contribution in [0, 0.1) is 0 Å². The first-order valence-corrected chi connectivity index (χ1v) is 2.33. The van der Waals surface area contributed by atoms with Crippen molar-refractivity contribution < 1.29 is 14.7 Å². The highest BCUT2D eigenvalue weighted by atomic mass is 16.6. The van der Waals surface area contributed by atoms with E-state index in [2.05, 4.69) is 4.84 Å². The van der Waals surface area contributed by atoms with Gasteiger partial charge in [0, 0.05) is 6.61 Å². The molecule has 8 heavy (non-hydrogen) atoms. The second-order valence-corrected chi connectivity index (χ2v) is 1.16. The number of hydrogen-bond acceptors (Lipinski definition) is 3. The van der Waals surface area contributed by atoms with E-state index in [4.69, 9.17) is 5.11 Å². The zero-order valence-corrected chi connectivity index (χ0v) is 4.46. The Bertz CT molecular complexity index is 57.2. The maximum atomic E-state index is 9.47. The Labute approximate surface area is 47.4 Å². The monoisotopic (exact) mass is 119 g/mol. The molecule has 1 amide bonds. The maximum Gasteiger partial charge on any atom is 0.230 e. The van der Waals surface area contributed by atoms with E-state index in [1.807, 2.05) is 5.48 Å². The number of hydroxylamine groups is 1. The van der Waals surface area contributed by atoms with Gasteiger partial charge in [0.1, 0.15) is 0 Å². The van der Waals surface area contributed by atoms with Crippen molar-refractivity contribution in [3.63, 3.8) is 0 Å². The summed E-state index contributed by atoms with van der Waals surface area (Å²) < 4.78 is 0. The van der Waals surface area contributed by atoms with E-state index in [1.165, 1.54) is 0 Å². The summed E-state index contributed by atoms with van der Waals surface area (Å²) in [5.74, 6) is 0. The molecule has 0 atom stereocenters. The molecule has 0 aliphatic carbocycles. The SMILES string of the molecule is O=CNOCCCO. The first-order chi connectivity index (χ1) is 3.91. The third-order valence-corrected chi connectivity index (χ3v) is 0.536. The van der Waals surface area contributed by atoms with Crippen LogP contribution in [-0.4, -0.2) is 24.7 Å². The molecular formula is C4H9NO3. The van der Waals surface area contributed by atoms with E-state index in [-0.39, 0.29) is 6.61 Å². The first kappa shape index (κ1) is 7.39. The lowest BCUT2D eigenvalue weighted by molar-refractivity contribution is -0.120. The van der Waals surface area contributed by atoms with Gasteiger partial charge in [-0.15, -0.1) is 0 Å². The molecule has 0 bridgehead atoms. The van der Waals surface area contributed by atoms with Crippen molar-refractivity contribution in [2.75, 3.05) is 13.2 Å². The summed E-state index contributed by atoms with van der Waals surface area (Å²) in [7, 11) is 0. The Balaban J connectivity index is 2.62. The van der Waals surface area contributed by atoms with E-state index in [1.54, 1.807) is 0 Å². The van der Waals surface area contributed by atoms with E-state index >= 15 is 0 Å². The zero-order chi connectivity index (χ0) is 6.24. The number of nitrogens with one attached hydrogen (secondary N) is 1. The second kappa shape index (κ2) is 6.39. The third kappa shape index (κ3) is 5.39. The Morgan fingerprint density at radius 2 is 2.50 bits per heavy atom. The number of aliphatic hydroxyl groups is 1. The lowest BCUT2D eigenvalue weighted by atomic mass is 10.5. The van der Waals surface area contributed by atoms with Crippen LogP contribution in [0.1, 0.15) is 6.42 Å². The molecule has 0 heterocycles. The average molecular weight is 119 g/mol. The summed E-state index contributed by atoms with van der Waals surface area (Å²) in [5.41, 5.74) is 1.99. The minimum Gasteiger partial charge on any atom is -0.396 e. The fourth-order valence-corrected chi connectivity index (χ4v) is 0.230. The van der Waals surface area contributed by atoms with Gasteiger partial charge in [-0.25, -0.2) is 5.48 Å². The van der Waals surface area contributed by atoms with Crippen LogP contribution in [0.4, 0.5) is 0 Å². The lowest BCUT2D eigenvalue weighted by Crippen LogP contribution is -2.12. The molecule has 4 heteroatoms. The normalized spacial score (nSPS) is 8.62. The van der Waals surface area contributed by atoms with Gasteiger partial charge in [0.25, 0.3) is 0 Å². The maximum absolute atomic E-state index is 9.47. The van der Waals surface area contributed by atoms with Crippen LogP contribution < -0.4 is 5.48 Å². The second-order valence-electron chi connectivity index (χ2n) is 1.16. The molecule has 0 saturated carbocycles. The molecule has 0 rings (SSSR count). The molecular weight excluding hydrogens is 110 g/mol. The van der Waals surface area contributed by atoms with Crippen molar-refractivity contribution in [3.8, 4) is 0 Å². The molecule has 2 N–H and O–H groups in total. The van der Waals surface area contributed by atoms with Gasteiger partial charge in [0.05, 0.1) is 6.61 Å². The summed E-state index contributed by atoms with van der Waals surface area (Å²) in [5, 5.41) is 8.17. The van der Waals surface area contributed by atoms with Gasteiger partial charge >= 0.3 is 0 Å². The van der Waals surface area contributed by atoms with E-state index < -0.39 is 0 Å². The molecule has 0 saturated heterocycles. The van der Waals surface area contributed by atoms with Gasteiger partial charge in [-0.1, -0.05) is 0 Å². The van der Waals surface area contributed by atoms with Gasteiger partial charge < -0.3 is 5.11 Å². The van der Waals surface area contributed by atoms with Gasteiger partial charge in [0.15, 0.2) is 0 Å². The third-order valence-electron chi connectivity index (χ3n) is 0.536. The molecule has 0 radical (unpaired) electrons. The van der Waals surface area contributed by atoms with E-state index in [9.17, 15) is 4.79 Å². The minimum absolute atomic E-state index is 0.0839. The van der Waals surface area contributed by atoms with E-state index in [0.717, 1.165) is 0 Å². The molecule has 0 aromatic heterocycles. The first-order valence-electron chi connectivity index (χ1n) is 2.33. The Morgan fingerprint density at radius 3 is 3.00 bits per heavy atom. The van der Waals surface area contributed by atoms with Crippen molar-refractivity contribution in [2.45, 2.75) is 6.42 Å². The predicted molar refractivity (Wildman–Crippen MR) is 26.9 cm³/mol. The molecule has 48 valence electrons. The van der Waals surface area contributed by atoms with Crippen LogP contribution in [0.3, 0.4) is 0 Å². The highest BCUT2D eigenvalue weighted by Gasteiger charge is 1.81. The number of carbonyl (C=O) groups excluding carboxylic acids is 1. The minimum atomic E-state index is 0.0839.